The number of nitrogens with one attached hydrogen (secondary N) is 2. The molecule has 1 amide bonds. The molecular weight excluding hydrogens is 250 g/mol. The zero-order valence-electron chi connectivity index (χ0n) is 12.2. The molecule has 0 unspecified atom stereocenters. The molecule has 0 aliphatic heterocycles. The van der Waals surface area contributed by atoms with Gasteiger partial charge in [-0.3, -0.25) is 4.79 Å². The Hall–Kier alpha value is -1.50. The molecule has 2 fully saturated rings. The van der Waals surface area contributed by atoms with Gasteiger partial charge in [-0.25, -0.2) is 0 Å². The number of hydrogen-bond acceptors (Lipinski definition) is 3. The summed E-state index contributed by atoms with van der Waals surface area (Å²) in [5, 5.41) is 15.4. The second kappa shape index (κ2) is 7.94. The van der Waals surface area contributed by atoms with Gasteiger partial charge in [0.15, 0.2) is 0 Å². The molecule has 4 nitrogen and oxygen atoms in total. The summed E-state index contributed by atoms with van der Waals surface area (Å²) in [5.74, 6) is -0.220. The van der Waals surface area contributed by atoms with Crippen LogP contribution >= 0.6 is 0 Å². The molecule has 0 aromatic rings. The fourth-order valence-corrected chi connectivity index (χ4v) is 3.13. The molecule has 0 atom stereocenters. The van der Waals surface area contributed by atoms with Gasteiger partial charge >= 0.3 is 0 Å². The highest BCUT2D eigenvalue weighted by atomic mass is 16.1. The van der Waals surface area contributed by atoms with Crippen LogP contribution in [0.3, 0.4) is 0 Å². The van der Waals surface area contributed by atoms with Gasteiger partial charge in [-0.1, -0.05) is 38.5 Å². The topological polar surface area (TPSA) is 64.9 Å². The summed E-state index contributed by atoms with van der Waals surface area (Å²) in [5.41, 5.74) is 0.209. The minimum atomic E-state index is -0.220. The summed E-state index contributed by atoms with van der Waals surface area (Å²) in [7, 11) is 0. The first-order valence-electron chi connectivity index (χ1n) is 7.97. The summed E-state index contributed by atoms with van der Waals surface area (Å²) in [6.07, 6.45) is 13.4. The van der Waals surface area contributed by atoms with Crippen molar-refractivity contribution in [3.05, 3.63) is 11.8 Å². The Bertz CT molecular complexity index is 385. The van der Waals surface area contributed by atoms with Crippen LogP contribution in [-0.4, -0.2) is 18.0 Å². The van der Waals surface area contributed by atoms with E-state index in [1.807, 2.05) is 6.07 Å². The molecule has 0 saturated heterocycles. The van der Waals surface area contributed by atoms with Crippen molar-refractivity contribution < 1.29 is 4.79 Å². The molecule has 0 bridgehead atoms. The normalized spacial score (nSPS) is 22.1. The lowest BCUT2D eigenvalue weighted by molar-refractivity contribution is -0.118. The summed E-state index contributed by atoms with van der Waals surface area (Å²) in [6.45, 7) is 0. The van der Waals surface area contributed by atoms with Crippen molar-refractivity contribution in [2.24, 2.45) is 0 Å². The minimum Gasteiger partial charge on any atom is -0.387 e. The Kier molecular flexibility index (Phi) is 5.91. The summed E-state index contributed by atoms with van der Waals surface area (Å²) in [4.78, 5) is 12.1. The maximum atomic E-state index is 12.1. The maximum Gasteiger partial charge on any atom is 0.263 e. The van der Waals surface area contributed by atoms with Gasteiger partial charge in [-0.2, -0.15) is 5.26 Å². The number of nitrogens with zero attached hydrogens (tertiary/aromatic N) is 1. The van der Waals surface area contributed by atoms with E-state index in [0.717, 1.165) is 25.7 Å². The third-order valence-electron chi connectivity index (χ3n) is 4.37. The van der Waals surface area contributed by atoms with Crippen molar-refractivity contribution in [3.63, 3.8) is 0 Å². The maximum absolute atomic E-state index is 12.1. The molecule has 0 spiro atoms. The van der Waals surface area contributed by atoms with E-state index in [9.17, 15) is 4.79 Å². The third-order valence-corrected chi connectivity index (χ3v) is 4.37. The highest BCUT2D eigenvalue weighted by molar-refractivity contribution is 5.97. The molecule has 0 radical (unpaired) electrons. The minimum absolute atomic E-state index is 0.209. The van der Waals surface area contributed by atoms with Gasteiger partial charge in [-0.15, -0.1) is 0 Å². The number of amides is 1. The molecule has 2 saturated carbocycles. The molecule has 0 aromatic heterocycles. The Morgan fingerprint density at radius 3 is 2.05 bits per heavy atom. The van der Waals surface area contributed by atoms with Gasteiger partial charge in [0.1, 0.15) is 11.6 Å². The second-order valence-electron chi connectivity index (χ2n) is 5.98. The van der Waals surface area contributed by atoms with Crippen molar-refractivity contribution in [1.29, 1.82) is 5.26 Å². The second-order valence-corrected chi connectivity index (χ2v) is 5.98. The summed E-state index contributed by atoms with van der Waals surface area (Å²) >= 11 is 0. The van der Waals surface area contributed by atoms with Crippen LogP contribution in [0.25, 0.3) is 0 Å². The van der Waals surface area contributed by atoms with Crippen molar-refractivity contribution in [2.45, 2.75) is 76.3 Å². The smallest absolute Gasteiger partial charge is 0.263 e. The first-order chi connectivity index (χ1) is 9.79. The molecule has 2 aliphatic carbocycles. The van der Waals surface area contributed by atoms with Crippen molar-refractivity contribution >= 4 is 5.91 Å². The van der Waals surface area contributed by atoms with E-state index >= 15 is 0 Å². The van der Waals surface area contributed by atoms with E-state index in [0.29, 0.717) is 6.04 Å². The number of rotatable bonds is 4. The Balaban J connectivity index is 1.82. The van der Waals surface area contributed by atoms with E-state index in [-0.39, 0.29) is 17.5 Å². The fraction of sp³-hybridized carbons (Fsp3) is 0.750. The SMILES string of the molecule is N#C/C(=C/NC1CCCCC1)C(=O)NC1CCCCC1. The van der Waals surface area contributed by atoms with Gasteiger partial charge < -0.3 is 10.6 Å². The van der Waals surface area contributed by atoms with Crippen LogP contribution in [0.15, 0.2) is 11.8 Å². The Morgan fingerprint density at radius 2 is 1.50 bits per heavy atom. The summed E-state index contributed by atoms with van der Waals surface area (Å²) < 4.78 is 0. The zero-order chi connectivity index (χ0) is 14.2. The van der Waals surface area contributed by atoms with Crippen LogP contribution in [0, 0.1) is 11.3 Å². The molecule has 0 heterocycles. The third kappa shape index (κ3) is 4.56. The van der Waals surface area contributed by atoms with Crippen LogP contribution in [-0.2, 0) is 4.79 Å². The quantitative estimate of drug-likeness (QED) is 0.612. The molecule has 2 rings (SSSR count). The van der Waals surface area contributed by atoms with E-state index in [1.54, 1.807) is 6.20 Å². The number of nitriles is 1. The number of carbonyl (C=O) groups is 1. The monoisotopic (exact) mass is 275 g/mol. The number of hydrogen-bond donors (Lipinski definition) is 2. The van der Waals surface area contributed by atoms with Crippen molar-refractivity contribution in [1.82, 2.24) is 10.6 Å². The number of carbonyl (C=O) groups excluding carboxylic acids is 1. The molecule has 20 heavy (non-hydrogen) atoms. The molecule has 2 aliphatic rings. The van der Waals surface area contributed by atoms with E-state index in [1.165, 1.54) is 38.5 Å². The average molecular weight is 275 g/mol. The van der Waals surface area contributed by atoms with Gasteiger partial charge in [0.25, 0.3) is 5.91 Å². The van der Waals surface area contributed by atoms with Crippen molar-refractivity contribution in [2.75, 3.05) is 0 Å². The van der Waals surface area contributed by atoms with Gasteiger partial charge in [0.2, 0.25) is 0 Å². The lowest BCUT2D eigenvalue weighted by Crippen LogP contribution is -2.37. The fourth-order valence-electron chi connectivity index (χ4n) is 3.13. The first-order valence-corrected chi connectivity index (χ1v) is 7.97. The van der Waals surface area contributed by atoms with Crippen LogP contribution in [0.1, 0.15) is 64.2 Å². The first kappa shape index (κ1) is 14.9. The molecule has 0 aromatic carbocycles. The van der Waals surface area contributed by atoms with Crippen LogP contribution < -0.4 is 10.6 Å². The highest BCUT2D eigenvalue weighted by Gasteiger charge is 2.18. The van der Waals surface area contributed by atoms with Gasteiger partial charge in [0, 0.05) is 18.3 Å². The van der Waals surface area contributed by atoms with Gasteiger partial charge in [0.05, 0.1) is 0 Å². The van der Waals surface area contributed by atoms with Crippen LogP contribution in [0.4, 0.5) is 0 Å². The van der Waals surface area contributed by atoms with Crippen molar-refractivity contribution in [3.8, 4) is 6.07 Å². The standard InChI is InChI=1S/C16H25N3O/c17-11-13(12-18-14-7-3-1-4-8-14)16(20)19-15-9-5-2-6-10-15/h12,14-15,18H,1-10H2,(H,19,20)/b13-12-. The van der Waals surface area contributed by atoms with Crippen LogP contribution in [0.2, 0.25) is 0 Å². The van der Waals surface area contributed by atoms with E-state index in [2.05, 4.69) is 10.6 Å². The average Bonchev–Trinajstić information content (AvgIpc) is 2.50. The lowest BCUT2D eigenvalue weighted by Gasteiger charge is -2.23. The largest absolute Gasteiger partial charge is 0.387 e. The van der Waals surface area contributed by atoms with E-state index < -0.39 is 0 Å². The predicted molar refractivity (Wildman–Crippen MR) is 78.7 cm³/mol. The zero-order valence-corrected chi connectivity index (χ0v) is 12.2. The van der Waals surface area contributed by atoms with Gasteiger partial charge in [-0.05, 0) is 25.7 Å². The lowest BCUT2D eigenvalue weighted by atomic mass is 9.95. The molecule has 4 heteroatoms. The predicted octanol–water partition coefficient (Wildman–Crippen LogP) is 2.77. The molecule has 2 N–H and O–H groups in total. The Labute approximate surface area is 121 Å². The molecular formula is C16H25N3O. The van der Waals surface area contributed by atoms with E-state index in [4.69, 9.17) is 5.26 Å². The highest BCUT2D eigenvalue weighted by Crippen LogP contribution is 2.18. The van der Waals surface area contributed by atoms with Crippen LogP contribution in [0.5, 0.6) is 0 Å². The molecule has 110 valence electrons. The summed E-state index contributed by atoms with van der Waals surface area (Å²) in [6, 6.07) is 2.70. The Morgan fingerprint density at radius 1 is 0.950 bits per heavy atom.